The van der Waals surface area contributed by atoms with E-state index in [4.69, 9.17) is 14.6 Å². The van der Waals surface area contributed by atoms with Gasteiger partial charge in [-0.2, -0.15) is 0 Å². The molecule has 4 N–H and O–H groups in total. The summed E-state index contributed by atoms with van der Waals surface area (Å²) in [6, 6.07) is 22.9. The third kappa shape index (κ3) is 7.07. The largest absolute Gasteiger partial charge is 0.481 e. The lowest BCUT2D eigenvalue weighted by Crippen LogP contribution is -2.47. The van der Waals surface area contributed by atoms with E-state index in [1.807, 2.05) is 65.2 Å². The number of amides is 1. The molecule has 11 heteroatoms. The zero-order chi connectivity index (χ0) is 32.2. The van der Waals surface area contributed by atoms with Gasteiger partial charge in [-0.05, 0) is 48.2 Å². The number of aliphatic hydroxyl groups is 1. The number of aliphatic hydroxyl groups excluding tert-OH is 1. The number of fused-ring (bicyclic) bond motifs is 1. The van der Waals surface area contributed by atoms with Crippen LogP contribution in [0.4, 0.5) is 5.69 Å². The summed E-state index contributed by atoms with van der Waals surface area (Å²) >= 11 is 0. The average Bonchev–Trinajstić information content (AvgIpc) is 3.41. The van der Waals surface area contributed by atoms with Gasteiger partial charge in [-0.25, -0.2) is 4.79 Å². The Kier molecular flexibility index (Phi) is 9.64. The third-order valence-electron chi connectivity index (χ3n) is 9.12. The van der Waals surface area contributed by atoms with Crippen LogP contribution in [0.25, 0.3) is 11.0 Å². The van der Waals surface area contributed by atoms with Crippen LogP contribution in [0.1, 0.15) is 67.7 Å². The van der Waals surface area contributed by atoms with Gasteiger partial charge in [0.05, 0.1) is 36.3 Å². The van der Waals surface area contributed by atoms with Crippen molar-refractivity contribution in [1.29, 1.82) is 0 Å². The zero-order valence-electron chi connectivity index (χ0n) is 25.8. The first kappa shape index (κ1) is 31.7. The number of rotatable bonds is 10. The highest BCUT2D eigenvalue weighted by molar-refractivity contribution is 5.92. The van der Waals surface area contributed by atoms with Crippen molar-refractivity contribution in [1.82, 2.24) is 14.5 Å². The number of likely N-dealkylation sites (tertiary alicyclic amines) is 1. The first-order valence-corrected chi connectivity index (χ1v) is 15.8. The number of carbonyl (C=O) groups excluding carboxylic acids is 1. The van der Waals surface area contributed by atoms with E-state index < -0.39 is 12.3 Å². The zero-order valence-corrected chi connectivity index (χ0v) is 25.8. The minimum absolute atomic E-state index is 0.00379. The van der Waals surface area contributed by atoms with E-state index in [1.54, 1.807) is 12.1 Å². The fraction of sp³-hybridized carbons (Fsp3) is 0.400. The number of anilines is 1. The monoisotopic (exact) mass is 628 g/mol. The molecular formula is C35H40N4O7. The average molecular weight is 629 g/mol. The number of carboxylic acid groups (broad SMARTS) is 1. The Balaban J connectivity index is 1.18. The Morgan fingerprint density at radius 3 is 2.46 bits per heavy atom. The molecule has 0 radical (unpaired) electrons. The molecule has 0 spiro atoms. The van der Waals surface area contributed by atoms with Gasteiger partial charge in [0.25, 0.3) is 0 Å². The summed E-state index contributed by atoms with van der Waals surface area (Å²) in [5.41, 5.74) is 4.80. The fourth-order valence-corrected chi connectivity index (χ4v) is 6.59. The highest BCUT2D eigenvalue weighted by atomic mass is 16.7. The first-order chi connectivity index (χ1) is 22.3. The van der Waals surface area contributed by atoms with E-state index in [-0.39, 0.29) is 55.2 Å². The van der Waals surface area contributed by atoms with Crippen molar-refractivity contribution in [2.75, 3.05) is 25.0 Å². The highest BCUT2D eigenvalue weighted by Gasteiger charge is 2.39. The second kappa shape index (κ2) is 14.0. The molecule has 2 saturated heterocycles. The number of para-hydroxylation sites is 2. The van der Waals surface area contributed by atoms with Gasteiger partial charge < -0.3 is 34.9 Å². The smallest absolute Gasteiger partial charge is 0.326 e. The number of benzene rings is 3. The van der Waals surface area contributed by atoms with Crippen molar-refractivity contribution in [2.24, 2.45) is 5.92 Å². The second-order valence-electron chi connectivity index (χ2n) is 12.2. The number of hydrogen-bond acceptors (Lipinski definition) is 7. The van der Waals surface area contributed by atoms with Crippen molar-refractivity contribution in [3.8, 4) is 0 Å². The van der Waals surface area contributed by atoms with Crippen molar-refractivity contribution < 1.29 is 29.3 Å². The van der Waals surface area contributed by atoms with E-state index in [0.717, 1.165) is 53.7 Å². The molecule has 11 nitrogen and oxygen atoms in total. The number of ether oxygens (including phenoxy) is 2. The van der Waals surface area contributed by atoms with E-state index in [2.05, 4.69) is 22.1 Å². The van der Waals surface area contributed by atoms with Crippen LogP contribution in [-0.2, 0) is 25.7 Å². The summed E-state index contributed by atoms with van der Waals surface area (Å²) in [7, 11) is 0. The predicted octanol–water partition coefficient (Wildman–Crippen LogP) is 4.75. The lowest BCUT2D eigenvalue weighted by Gasteiger charge is -2.44. The van der Waals surface area contributed by atoms with Crippen LogP contribution in [0.15, 0.2) is 77.6 Å². The number of H-pyrrole nitrogens is 1. The standard InChI is InChI=1S/C35H40N4O7/c1-22-30(20-38-17-15-27(16-18-38)39-29-8-3-2-7-28(29)37-35(39)44)45-34(46-33(22)24-11-9-23(21-40)10-12-24)25-5-4-6-26(19-25)36-31(41)13-14-32(42)43/h2-12,19,22,27,30,33-34,40H,13-18,20-21H2,1H3,(H,36,41)(H,37,44)(H,42,43). The maximum Gasteiger partial charge on any atom is 0.326 e. The van der Waals surface area contributed by atoms with Crippen LogP contribution >= 0.6 is 0 Å². The quantitative estimate of drug-likeness (QED) is 0.197. The number of carbonyl (C=O) groups is 2. The van der Waals surface area contributed by atoms with Crippen LogP contribution in [0.5, 0.6) is 0 Å². The molecule has 4 aromatic rings. The molecule has 3 aromatic carbocycles. The minimum Gasteiger partial charge on any atom is -0.481 e. The number of aromatic nitrogens is 2. The second-order valence-corrected chi connectivity index (χ2v) is 12.2. The van der Waals surface area contributed by atoms with E-state index in [1.165, 1.54) is 0 Å². The van der Waals surface area contributed by atoms with Gasteiger partial charge in [-0.15, -0.1) is 0 Å². The number of nitrogens with zero attached hydrogens (tertiary/aromatic N) is 2. The predicted molar refractivity (Wildman–Crippen MR) is 172 cm³/mol. The normalized spacial score (nSPS) is 22.6. The Bertz CT molecular complexity index is 1720. The molecule has 1 aromatic heterocycles. The summed E-state index contributed by atoms with van der Waals surface area (Å²) in [5, 5.41) is 21.3. The van der Waals surface area contributed by atoms with Crippen LogP contribution in [-0.4, -0.2) is 62.3 Å². The summed E-state index contributed by atoms with van der Waals surface area (Å²) in [6.45, 7) is 4.42. The molecule has 242 valence electrons. The minimum atomic E-state index is -1.03. The molecule has 4 atom stereocenters. The van der Waals surface area contributed by atoms with Gasteiger partial charge in [0.15, 0.2) is 6.29 Å². The molecule has 0 saturated carbocycles. The summed E-state index contributed by atoms with van der Waals surface area (Å²) < 4.78 is 15.1. The van der Waals surface area contributed by atoms with Gasteiger partial charge in [-0.3, -0.25) is 14.2 Å². The Labute approximate surface area is 266 Å². The van der Waals surface area contributed by atoms with Gasteiger partial charge in [0.2, 0.25) is 5.91 Å². The van der Waals surface area contributed by atoms with Gasteiger partial charge >= 0.3 is 11.7 Å². The molecule has 1 amide bonds. The molecular weight excluding hydrogens is 588 g/mol. The maximum atomic E-state index is 12.8. The first-order valence-electron chi connectivity index (χ1n) is 15.8. The van der Waals surface area contributed by atoms with Crippen LogP contribution in [0.2, 0.25) is 0 Å². The van der Waals surface area contributed by atoms with Crippen LogP contribution < -0.4 is 11.0 Å². The number of nitrogens with one attached hydrogen (secondary N) is 2. The van der Waals surface area contributed by atoms with Gasteiger partial charge in [0.1, 0.15) is 0 Å². The SMILES string of the molecule is CC1C(CN2CCC(n3c(=O)[nH]c4ccccc43)CC2)OC(c2cccc(NC(=O)CCC(=O)O)c2)OC1c1ccc(CO)cc1. The summed E-state index contributed by atoms with van der Waals surface area (Å²) in [5.74, 6) is -1.40. The Morgan fingerprint density at radius 2 is 1.72 bits per heavy atom. The van der Waals surface area contributed by atoms with Crippen LogP contribution in [0, 0.1) is 5.92 Å². The molecule has 2 aliphatic heterocycles. The highest BCUT2D eigenvalue weighted by Crippen LogP contribution is 2.42. The van der Waals surface area contributed by atoms with Crippen LogP contribution in [0.3, 0.4) is 0 Å². The molecule has 2 fully saturated rings. The number of carboxylic acids is 1. The Morgan fingerprint density at radius 1 is 0.957 bits per heavy atom. The molecule has 2 aliphatic rings. The molecule has 0 aliphatic carbocycles. The summed E-state index contributed by atoms with van der Waals surface area (Å²) in [4.78, 5) is 41.4. The topological polar surface area (TPSA) is 146 Å². The molecule has 4 unspecified atom stereocenters. The van der Waals surface area contributed by atoms with Crippen molar-refractivity contribution >= 4 is 28.6 Å². The van der Waals surface area contributed by atoms with Crippen molar-refractivity contribution in [3.63, 3.8) is 0 Å². The number of hydrogen-bond donors (Lipinski definition) is 4. The Hall–Kier alpha value is -4.29. The fourth-order valence-electron chi connectivity index (χ4n) is 6.59. The maximum absolute atomic E-state index is 12.8. The molecule has 0 bridgehead atoms. The molecule has 3 heterocycles. The lowest BCUT2D eigenvalue weighted by molar-refractivity contribution is -0.276. The number of aromatic amines is 1. The van der Waals surface area contributed by atoms with Crippen molar-refractivity contribution in [2.45, 2.75) is 63.8 Å². The number of imidazole rings is 1. The molecule has 6 rings (SSSR count). The van der Waals surface area contributed by atoms with E-state index in [0.29, 0.717) is 12.2 Å². The van der Waals surface area contributed by atoms with E-state index in [9.17, 15) is 19.5 Å². The lowest BCUT2D eigenvalue weighted by atomic mass is 9.89. The summed E-state index contributed by atoms with van der Waals surface area (Å²) in [6.07, 6.45) is 0.160. The van der Waals surface area contributed by atoms with E-state index >= 15 is 0 Å². The number of piperidine rings is 1. The van der Waals surface area contributed by atoms with Gasteiger partial charge in [-0.1, -0.05) is 55.5 Å². The van der Waals surface area contributed by atoms with Gasteiger partial charge in [0, 0.05) is 49.3 Å². The van der Waals surface area contributed by atoms with Crippen molar-refractivity contribution in [3.05, 3.63) is 100.0 Å². The number of aliphatic carboxylic acids is 1. The third-order valence-corrected chi connectivity index (χ3v) is 9.12. The molecule has 46 heavy (non-hydrogen) atoms.